The molecule has 0 atom stereocenters. The summed E-state index contributed by atoms with van der Waals surface area (Å²) in [6, 6.07) is 22.4. The second kappa shape index (κ2) is 10.5. The molecule has 7 nitrogen and oxygen atoms in total. The number of halogens is 1. The van der Waals surface area contributed by atoms with Gasteiger partial charge >= 0.3 is 0 Å². The number of anilines is 1. The van der Waals surface area contributed by atoms with Crippen LogP contribution in [-0.4, -0.2) is 10.8 Å². The molecule has 34 heavy (non-hydrogen) atoms. The number of carbonyl (C=O) groups excluding carboxylic acids is 1. The Kier molecular flexibility index (Phi) is 7.20. The molecule has 1 amide bonds. The zero-order valence-electron chi connectivity index (χ0n) is 18.0. The predicted molar refractivity (Wildman–Crippen MR) is 131 cm³/mol. The highest BCUT2D eigenvalue weighted by Crippen LogP contribution is 2.33. The Labute approximate surface area is 204 Å². The van der Waals surface area contributed by atoms with Crippen LogP contribution in [0.3, 0.4) is 0 Å². The van der Waals surface area contributed by atoms with Gasteiger partial charge in [-0.2, -0.15) is 0 Å². The highest BCUT2D eigenvalue weighted by molar-refractivity contribution is 7.99. The molecule has 0 aliphatic heterocycles. The van der Waals surface area contributed by atoms with Gasteiger partial charge in [-0.25, -0.2) is 0 Å². The molecule has 0 saturated heterocycles. The Morgan fingerprint density at radius 2 is 1.85 bits per heavy atom. The van der Waals surface area contributed by atoms with Gasteiger partial charge in [0.15, 0.2) is 5.76 Å². The minimum atomic E-state index is -0.527. The molecule has 0 aliphatic carbocycles. The molecule has 0 bridgehead atoms. The summed E-state index contributed by atoms with van der Waals surface area (Å²) in [6.45, 7) is 2.10. The number of aryl methyl sites for hydroxylation is 1. The number of hydrogen-bond acceptors (Lipinski definition) is 6. The van der Waals surface area contributed by atoms with E-state index in [1.54, 1.807) is 36.4 Å². The second-order valence-corrected chi connectivity index (χ2v) is 8.94. The first-order chi connectivity index (χ1) is 16.4. The van der Waals surface area contributed by atoms with E-state index in [4.69, 9.17) is 20.8 Å². The fourth-order valence-electron chi connectivity index (χ4n) is 3.04. The van der Waals surface area contributed by atoms with Crippen LogP contribution in [-0.2, 0) is 6.61 Å². The molecule has 1 N–H and O–H groups in total. The molecule has 9 heteroatoms. The van der Waals surface area contributed by atoms with E-state index in [1.165, 1.54) is 30.0 Å². The number of non-ortho nitro benzene ring substituents is 1. The SMILES string of the molecule is Cc1ccc(Sc2cc(NC(=O)c3ccc(COc4cccc(Cl)c4)o3)cc([N+](=O)[O-])c2)cc1. The summed E-state index contributed by atoms with van der Waals surface area (Å²) in [6.07, 6.45) is 0. The zero-order valence-corrected chi connectivity index (χ0v) is 19.6. The predicted octanol–water partition coefficient (Wildman–Crippen LogP) is 7.13. The van der Waals surface area contributed by atoms with Crippen molar-refractivity contribution < 1.29 is 18.9 Å². The normalized spacial score (nSPS) is 10.6. The van der Waals surface area contributed by atoms with E-state index in [-0.39, 0.29) is 18.1 Å². The summed E-state index contributed by atoms with van der Waals surface area (Å²) in [5.74, 6) is 0.551. The van der Waals surface area contributed by atoms with Crippen molar-refractivity contribution in [2.45, 2.75) is 23.3 Å². The third-order valence-electron chi connectivity index (χ3n) is 4.68. The van der Waals surface area contributed by atoms with E-state index in [2.05, 4.69) is 5.32 Å². The van der Waals surface area contributed by atoms with E-state index < -0.39 is 10.8 Å². The zero-order chi connectivity index (χ0) is 24.1. The number of nitro benzene ring substituents is 1. The molecule has 4 aromatic rings. The maximum absolute atomic E-state index is 12.7. The van der Waals surface area contributed by atoms with E-state index >= 15 is 0 Å². The van der Waals surface area contributed by atoms with Crippen molar-refractivity contribution in [1.29, 1.82) is 0 Å². The van der Waals surface area contributed by atoms with Crippen molar-refractivity contribution in [2.75, 3.05) is 5.32 Å². The number of rotatable bonds is 8. The van der Waals surface area contributed by atoms with Gasteiger partial charge < -0.3 is 14.5 Å². The first kappa shape index (κ1) is 23.4. The van der Waals surface area contributed by atoms with Crippen LogP contribution in [0.4, 0.5) is 11.4 Å². The van der Waals surface area contributed by atoms with Crippen LogP contribution in [0, 0.1) is 17.0 Å². The highest BCUT2D eigenvalue weighted by Gasteiger charge is 2.16. The lowest BCUT2D eigenvalue weighted by molar-refractivity contribution is -0.385. The van der Waals surface area contributed by atoms with Gasteiger partial charge in [0.05, 0.1) is 4.92 Å². The van der Waals surface area contributed by atoms with Crippen molar-refractivity contribution in [3.63, 3.8) is 0 Å². The molecule has 0 fully saturated rings. The quantitative estimate of drug-likeness (QED) is 0.207. The van der Waals surface area contributed by atoms with Gasteiger partial charge in [0, 0.05) is 32.6 Å². The fraction of sp³-hybridized carbons (Fsp3) is 0.0800. The summed E-state index contributed by atoms with van der Waals surface area (Å²) in [5.41, 5.74) is 1.29. The van der Waals surface area contributed by atoms with Crippen molar-refractivity contribution >= 4 is 40.6 Å². The summed E-state index contributed by atoms with van der Waals surface area (Å²) >= 11 is 7.31. The van der Waals surface area contributed by atoms with Gasteiger partial charge in [-0.3, -0.25) is 14.9 Å². The van der Waals surface area contributed by atoms with Gasteiger partial charge in [-0.1, -0.05) is 47.1 Å². The van der Waals surface area contributed by atoms with Crippen LogP contribution in [0.1, 0.15) is 21.9 Å². The minimum absolute atomic E-state index is 0.0592. The molecule has 3 aromatic carbocycles. The lowest BCUT2D eigenvalue weighted by Crippen LogP contribution is -2.11. The topological polar surface area (TPSA) is 94.6 Å². The molecule has 4 rings (SSSR count). The smallest absolute Gasteiger partial charge is 0.291 e. The first-order valence-electron chi connectivity index (χ1n) is 10.2. The third kappa shape index (κ3) is 6.18. The summed E-state index contributed by atoms with van der Waals surface area (Å²) < 4.78 is 11.2. The van der Waals surface area contributed by atoms with Crippen LogP contribution in [0.2, 0.25) is 5.02 Å². The second-order valence-electron chi connectivity index (χ2n) is 7.35. The first-order valence-corrected chi connectivity index (χ1v) is 11.4. The van der Waals surface area contributed by atoms with E-state index in [0.717, 1.165) is 10.5 Å². The van der Waals surface area contributed by atoms with Gasteiger partial charge in [0.25, 0.3) is 11.6 Å². The van der Waals surface area contributed by atoms with Gasteiger partial charge in [-0.15, -0.1) is 0 Å². The number of furan rings is 1. The van der Waals surface area contributed by atoms with E-state index in [9.17, 15) is 14.9 Å². The number of benzene rings is 3. The number of nitro groups is 1. The van der Waals surface area contributed by atoms with Crippen LogP contribution >= 0.6 is 23.4 Å². The van der Waals surface area contributed by atoms with Crippen molar-refractivity contribution in [1.82, 2.24) is 0 Å². The van der Waals surface area contributed by atoms with Gasteiger partial charge in [0.1, 0.15) is 18.1 Å². The van der Waals surface area contributed by atoms with E-state index in [1.807, 2.05) is 31.2 Å². The molecule has 1 aromatic heterocycles. The number of nitrogens with one attached hydrogen (secondary N) is 1. The summed E-state index contributed by atoms with van der Waals surface area (Å²) in [4.78, 5) is 25.2. The van der Waals surface area contributed by atoms with Gasteiger partial charge in [-0.05, 0) is 55.5 Å². The molecule has 0 unspecified atom stereocenters. The standard InChI is InChI=1S/C25H19ClN2O5S/c1-16-5-8-22(9-6-16)34-23-13-18(12-19(14-23)28(30)31)27-25(29)24-10-7-21(33-24)15-32-20-4-2-3-17(26)11-20/h2-14H,15H2,1H3,(H,27,29). The van der Waals surface area contributed by atoms with Crippen molar-refractivity contribution in [2.24, 2.45) is 0 Å². The van der Waals surface area contributed by atoms with E-state index in [0.29, 0.717) is 27.1 Å². The van der Waals surface area contributed by atoms with Crippen molar-refractivity contribution in [3.8, 4) is 5.75 Å². The third-order valence-corrected chi connectivity index (χ3v) is 5.89. The largest absolute Gasteiger partial charge is 0.486 e. The van der Waals surface area contributed by atoms with Crippen LogP contribution in [0.5, 0.6) is 5.75 Å². The average Bonchev–Trinajstić information content (AvgIpc) is 3.28. The number of ether oxygens (including phenoxy) is 1. The molecular weight excluding hydrogens is 476 g/mol. The van der Waals surface area contributed by atoms with Crippen LogP contribution in [0.25, 0.3) is 0 Å². The molecule has 0 aliphatic rings. The fourth-order valence-corrected chi connectivity index (χ4v) is 4.13. The Balaban J connectivity index is 1.46. The highest BCUT2D eigenvalue weighted by atomic mass is 35.5. The monoisotopic (exact) mass is 494 g/mol. The number of carbonyl (C=O) groups is 1. The lowest BCUT2D eigenvalue weighted by atomic mass is 10.2. The Morgan fingerprint density at radius 3 is 2.59 bits per heavy atom. The van der Waals surface area contributed by atoms with Crippen LogP contribution < -0.4 is 10.1 Å². The minimum Gasteiger partial charge on any atom is -0.486 e. The molecule has 0 saturated carbocycles. The maximum Gasteiger partial charge on any atom is 0.291 e. The number of amides is 1. The summed E-state index contributed by atoms with van der Waals surface area (Å²) in [5, 5.41) is 14.6. The Bertz CT molecular complexity index is 1340. The molecule has 0 spiro atoms. The Hall–Kier alpha value is -3.75. The number of hydrogen-bond donors (Lipinski definition) is 1. The van der Waals surface area contributed by atoms with Crippen molar-refractivity contribution in [3.05, 3.63) is 111 Å². The van der Waals surface area contributed by atoms with Gasteiger partial charge in [0.2, 0.25) is 0 Å². The summed E-state index contributed by atoms with van der Waals surface area (Å²) in [7, 11) is 0. The molecular formula is C25H19ClN2O5S. The number of nitrogens with zero attached hydrogens (tertiary/aromatic N) is 1. The molecule has 1 heterocycles. The van der Waals surface area contributed by atoms with Crippen LogP contribution in [0.15, 0.2) is 93.1 Å². The lowest BCUT2D eigenvalue weighted by Gasteiger charge is -2.08. The molecule has 0 radical (unpaired) electrons. The molecule has 172 valence electrons. The average molecular weight is 495 g/mol. The Morgan fingerprint density at radius 1 is 1.06 bits per heavy atom. The maximum atomic E-state index is 12.7.